The number of aliphatic imine (C=N–C) groups is 1. The molecule has 1 heterocycles. The van der Waals surface area contributed by atoms with Gasteiger partial charge in [-0.3, -0.25) is 4.99 Å². The molecule has 0 fully saturated rings. The lowest BCUT2D eigenvalue weighted by Crippen LogP contribution is -2.25. The highest BCUT2D eigenvalue weighted by molar-refractivity contribution is 5.87. The third kappa shape index (κ3) is 17.4. The maximum Gasteiger partial charge on any atom is 0.412 e. The number of methoxy groups -OCH3 is 1. The summed E-state index contributed by atoms with van der Waals surface area (Å²) in [5.74, 6) is 1.80. The van der Waals surface area contributed by atoms with Crippen molar-refractivity contribution in [2.45, 2.75) is 72.4 Å². The van der Waals surface area contributed by atoms with Gasteiger partial charge < -0.3 is 14.8 Å². The molecule has 0 bridgehead atoms. The first-order valence-electron chi connectivity index (χ1n) is 13.8. The standard InChI is InChI=1S/C29H41F3N2O2.C2H6.C2H2/c1-6-11-23(15-17-25-14-9-10-19-34-28(25)33-4)16-18-27(35-5)22-36-21-24(12-7-2)20-26(13-8-3)29(30,31)32;2*1-2/h7,9-12,14,18-20,25H,2,6,8,13,15-17,21-22H2,1,3-5H3,(H,33,34);1-2H3;1-2H/b23-11-,24-12+,26-20+,27-18+;;. The minimum Gasteiger partial charge on any atom is -0.499 e. The summed E-state index contributed by atoms with van der Waals surface area (Å²) in [4.78, 5) is 4.36. The van der Waals surface area contributed by atoms with E-state index in [4.69, 9.17) is 9.47 Å². The number of alkyl halides is 3. The van der Waals surface area contributed by atoms with Crippen LogP contribution in [0.2, 0.25) is 0 Å². The maximum atomic E-state index is 13.3. The predicted molar refractivity (Wildman–Crippen MR) is 165 cm³/mol. The summed E-state index contributed by atoms with van der Waals surface area (Å²) in [5, 5.41) is 3.23. The molecule has 0 aliphatic carbocycles. The normalized spacial score (nSPS) is 17.2. The number of nitrogens with zero attached hydrogens (tertiary/aromatic N) is 1. The molecule has 0 saturated carbocycles. The van der Waals surface area contributed by atoms with Crippen LogP contribution in [0.1, 0.15) is 66.2 Å². The van der Waals surface area contributed by atoms with Crippen LogP contribution in [0.5, 0.6) is 0 Å². The fraction of sp³-hybridized carbons (Fsp3) is 0.485. The van der Waals surface area contributed by atoms with Gasteiger partial charge in [-0.05, 0) is 55.9 Å². The highest BCUT2D eigenvalue weighted by Gasteiger charge is 2.32. The lowest BCUT2D eigenvalue weighted by Gasteiger charge is -2.16. The van der Waals surface area contributed by atoms with Crippen LogP contribution in [0.4, 0.5) is 13.2 Å². The molecule has 0 amide bonds. The van der Waals surface area contributed by atoms with Crippen LogP contribution in [-0.4, -0.2) is 39.4 Å². The Bertz CT molecular complexity index is 933. The Balaban J connectivity index is 0. The molecule has 0 aromatic rings. The Morgan fingerprint density at radius 2 is 1.82 bits per heavy atom. The Kier molecular flexibility index (Phi) is 24.1. The van der Waals surface area contributed by atoms with E-state index in [-0.39, 0.29) is 25.6 Å². The number of nitrogens with one attached hydrogen (secondary N) is 1. The van der Waals surface area contributed by atoms with Gasteiger partial charge in [0.1, 0.15) is 18.2 Å². The van der Waals surface area contributed by atoms with E-state index in [0.29, 0.717) is 24.2 Å². The fourth-order valence-corrected chi connectivity index (χ4v) is 3.76. The van der Waals surface area contributed by atoms with E-state index in [1.807, 2.05) is 38.3 Å². The lowest BCUT2D eigenvalue weighted by atomic mass is 9.95. The molecule has 1 rings (SSSR count). The number of hydrogen-bond acceptors (Lipinski definition) is 3. The minimum atomic E-state index is -4.36. The van der Waals surface area contributed by atoms with Gasteiger partial charge in [-0.15, -0.1) is 12.8 Å². The van der Waals surface area contributed by atoms with E-state index < -0.39 is 11.7 Å². The molecule has 224 valence electrons. The first-order chi connectivity index (χ1) is 19.3. The molecule has 0 aromatic carbocycles. The summed E-state index contributed by atoms with van der Waals surface area (Å²) in [6.45, 7) is 11.6. The number of terminal acetylenes is 1. The van der Waals surface area contributed by atoms with Gasteiger partial charge in [-0.2, -0.15) is 13.2 Å². The van der Waals surface area contributed by atoms with Gasteiger partial charge >= 0.3 is 6.18 Å². The van der Waals surface area contributed by atoms with Crippen LogP contribution in [0, 0.1) is 18.8 Å². The molecule has 1 aliphatic heterocycles. The maximum absolute atomic E-state index is 13.3. The average molecular weight is 563 g/mol. The molecule has 1 unspecified atom stereocenters. The first-order valence-corrected chi connectivity index (χ1v) is 13.8. The summed E-state index contributed by atoms with van der Waals surface area (Å²) in [7, 11) is 3.36. The highest BCUT2D eigenvalue weighted by Crippen LogP contribution is 2.30. The summed E-state index contributed by atoms with van der Waals surface area (Å²) < 4.78 is 51.0. The zero-order valence-corrected chi connectivity index (χ0v) is 25.2. The van der Waals surface area contributed by atoms with E-state index in [0.717, 1.165) is 31.2 Å². The summed E-state index contributed by atoms with van der Waals surface area (Å²) in [6.07, 6.45) is 23.9. The third-order valence-corrected chi connectivity index (χ3v) is 5.59. The number of halogens is 3. The molecule has 4 nitrogen and oxygen atoms in total. The van der Waals surface area contributed by atoms with Crippen LogP contribution in [0.25, 0.3) is 0 Å². The molecular weight excluding hydrogens is 513 g/mol. The predicted octanol–water partition coefficient (Wildman–Crippen LogP) is 9.03. The second-order valence-electron chi connectivity index (χ2n) is 8.38. The smallest absolute Gasteiger partial charge is 0.412 e. The summed E-state index contributed by atoms with van der Waals surface area (Å²) >= 11 is 0. The van der Waals surface area contributed by atoms with E-state index in [2.05, 4.69) is 48.8 Å². The topological polar surface area (TPSA) is 42.8 Å². The second-order valence-corrected chi connectivity index (χ2v) is 8.38. The van der Waals surface area contributed by atoms with E-state index in [9.17, 15) is 13.2 Å². The van der Waals surface area contributed by atoms with Crippen molar-refractivity contribution in [1.82, 2.24) is 5.32 Å². The zero-order valence-electron chi connectivity index (χ0n) is 25.2. The Morgan fingerprint density at radius 1 is 1.12 bits per heavy atom. The van der Waals surface area contributed by atoms with Gasteiger partial charge in [-0.25, -0.2) is 0 Å². The van der Waals surface area contributed by atoms with Crippen molar-refractivity contribution >= 4 is 5.84 Å². The van der Waals surface area contributed by atoms with Crippen molar-refractivity contribution in [3.05, 3.63) is 83.9 Å². The molecule has 0 saturated heterocycles. The highest BCUT2D eigenvalue weighted by atomic mass is 19.4. The van der Waals surface area contributed by atoms with Crippen LogP contribution in [-0.2, 0) is 9.47 Å². The molecule has 0 aromatic heterocycles. The number of ether oxygens (including phenoxy) is 2. The molecular formula is C33H49F3N2O2. The van der Waals surface area contributed by atoms with Crippen LogP contribution in [0.15, 0.2) is 88.9 Å². The molecule has 7 heteroatoms. The molecule has 0 radical (unpaired) electrons. The molecule has 40 heavy (non-hydrogen) atoms. The number of hydrogen-bond donors (Lipinski definition) is 1. The van der Waals surface area contributed by atoms with E-state index in [1.165, 1.54) is 11.6 Å². The summed E-state index contributed by atoms with van der Waals surface area (Å²) in [6, 6.07) is 0. The molecule has 1 N–H and O–H groups in total. The largest absolute Gasteiger partial charge is 0.499 e. The van der Waals surface area contributed by atoms with Crippen molar-refractivity contribution < 1.29 is 22.6 Å². The Labute approximate surface area is 241 Å². The molecule has 1 atom stereocenters. The Hall–Kier alpha value is -3.24. The second kappa shape index (κ2) is 24.8. The van der Waals surface area contributed by atoms with Crippen molar-refractivity contribution in [2.75, 3.05) is 27.4 Å². The van der Waals surface area contributed by atoms with Crippen molar-refractivity contribution in [2.24, 2.45) is 10.9 Å². The van der Waals surface area contributed by atoms with Crippen molar-refractivity contribution in [3.63, 3.8) is 0 Å². The number of allylic oxidation sites excluding steroid dienone is 8. The van der Waals surface area contributed by atoms with Crippen LogP contribution >= 0.6 is 0 Å². The monoisotopic (exact) mass is 562 g/mol. The van der Waals surface area contributed by atoms with Gasteiger partial charge in [0.15, 0.2) is 0 Å². The summed E-state index contributed by atoms with van der Waals surface area (Å²) in [5.41, 5.74) is 1.14. The van der Waals surface area contributed by atoms with Crippen LogP contribution < -0.4 is 5.32 Å². The van der Waals surface area contributed by atoms with Gasteiger partial charge in [0.05, 0.1) is 13.7 Å². The molecule has 0 spiro atoms. The number of amidine groups is 1. The van der Waals surface area contributed by atoms with Gasteiger partial charge in [0.25, 0.3) is 0 Å². The quantitative estimate of drug-likeness (QED) is 0.0937. The van der Waals surface area contributed by atoms with Crippen LogP contribution in [0.3, 0.4) is 0 Å². The fourth-order valence-electron chi connectivity index (χ4n) is 3.76. The van der Waals surface area contributed by atoms with E-state index >= 15 is 0 Å². The van der Waals surface area contributed by atoms with Crippen molar-refractivity contribution in [3.8, 4) is 12.8 Å². The minimum absolute atomic E-state index is 0.0296. The Morgan fingerprint density at radius 3 is 2.38 bits per heavy atom. The number of rotatable bonds is 15. The average Bonchev–Trinajstić information content (AvgIpc) is 3.19. The van der Waals surface area contributed by atoms with Gasteiger partial charge in [0, 0.05) is 24.7 Å². The lowest BCUT2D eigenvalue weighted by molar-refractivity contribution is -0.0941. The SMILES string of the molecule is C#C.C=C/C=C(\C=C(/CCC)C(F)(F)F)COC/C(=C\C/C(=C\CC)CCC1C=CC=CNC1=NC)OC.CC. The van der Waals surface area contributed by atoms with Gasteiger partial charge in [0.2, 0.25) is 0 Å². The van der Waals surface area contributed by atoms with E-state index in [1.54, 1.807) is 27.2 Å². The zero-order chi connectivity index (χ0) is 30.8. The van der Waals surface area contributed by atoms with Gasteiger partial charge in [-0.1, -0.05) is 76.6 Å². The first kappa shape index (κ1) is 38.9. The van der Waals surface area contributed by atoms with Crippen molar-refractivity contribution in [1.29, 1.82) is 0 Å². The molecule has 1 aliphatic rings. The third-order valence-electron chi connectivity index (χ3n) is 5.59.